The molecular formula is C19H21NO5. The number of carbonyl (C=O) groups is 1. The second-order valence-corrected chi connectivity index (χ2v) is 5.84. The van der Waals surface area contributed by atoms with Crippen molar-refractivity contribution in [3.8, 4) is 23.0 Å². The second-order valence-electron chi connectivity index (χ2n) is 5.84. The highest BCUT2D eigenvalue weighted by molar-refractivity contribution is 5.95. The van der Waals surface area contributed by atoms with E-state index in [0.29, 0.717) is 42.3 Å². The van der Waals surface area contributed by atoms with E-state index in [9.17, 15) is 9.90 Å². The van der Waals surface area contributed by atoms with Gasteiger partial charge in [-0.15, -0.1) is 0 Å². The van der Waals surface area contributed by atoms with Crippen molar-refractivity contribution in [2.45, 2.75) is 13.0 Å². The smallest absolute Gasteiger partial charge is 0.254 e. The van der Waals surface area contributed by atoms with Gasteiger partial charge in [-0.2, -0.15) is 0 Å². The van der Waals surface area contributed by atoms with E-state index in [-0.39, 0.29) is 11.7 Å². The molecule has 2 aromatic rings. The molecule has 0 saturated heterocycles. The number of benzene rings is 2. The summed E-state index contributed by atoms with van der Waals surface area (Å²) in [6.07, 6.45) is 0.686. The third kappa shape index (κ3) is 3.20. The monoisotopic (exact) mass is 343 g/mol. The fraction of sp³-hybridized carbons (Fsp3) is 0.316. The zero-order valence-corrected chi connectivity index (χ0v) is 14.5. The number of hydrogen-bond donors (Lipinski definition) is 1. The average Bonchev–Trinajstić information content (AvgIpc) is 2.65. The van der Waals surface area contributed by atoms with Crippen LogP contribution in [0, 0.1) is 0 Å². The first-order chi connectivity index (χ1) is 12.1. The molecule has 0 saturated carbocycles. The van der Waals surface area contributed by atoms with E-state index in [1.54, 1.807) is 49.5 Å². The summed E-state index contributed by atoms with van der Waals surface area (Å²) < 4.78 is 15.6. The van der Waals surface area contributed by atoms with E-state index < -0.39 is 0 Å². The Balaban J connectivity index is 1.85. The van der Waals surface area contributed by atoms with Gasteiger partial charge in [0.15, 0.2) is 23.0 Å². The Labute approximate surface area is 146 Å². The summed E-state index contributed by atoms with van der Waals surface area (Å²) in [4.78, 5) is 14.6. The maximum atomic E-state index is 12.8. The van der Waals surface area contributed by atoms with Crippen LogP contribution in [0.25, 0.3) is 0 Å². The van der Waals surface area contributed by atoms with E-state index in [1.807, 2.05) is 0 Å². The molecule has 1 N–H and O–H groups in total. The van der Waals surface area contributed by atoms with Gasteiger partial charge < -0.3 is 24.2 Å². The predicted molar refractivity (Wildman–Crippen MR) is 92.6 cm³/mol. The highest BCUT2D eigenvalue weighted by Gasteiger charge is 2.24. The molecule has 1 aliphatic heterocycles. The minimum Gasteiger partial charge on any atom is -0.504 e. The Bertz CT molecular complexity index is 803. The number of methoxy groups -OCH3 is 3. The number of phenols is 1. The Morgan fingerprint density at radius 1 is 0.960 bits per heavy atom. The Kier molecular flexibility index (Phi) is 4.70. The molecule has 1 heterocycles. The first-order valence-electron chi connectivity index (χ1n) is 7.97. The number of nitrogens with zero attached hydrogens (tertiary/aromatic N) is 1. The summed E-state index contributed by atoms with van der Waals surface area (Å²) in [7, 11) is 4.61. The molecule has 0 unspecified atom stereocenters. The summed E-state index contributed by atoms with van der Waals surface area (Å²) in [5, 5.41) is 9.90. The largest absolute Gasteiger partial charge is 0.504 e. The van der Waals surface area contributed by atoms with Crippen LogP contribution in [0.4, 0.5) is 0 Å². The van der Waals surface area contributed by atoms with Crippen LogP contribution in [0.15, 0.2) is 30.3 Å². The molecule has 0 aromatic heterocycles. The van der Waals surface area contributed by atoms with Gasteiger partial charge in [-0.3, -0.25) is 4.79 Å². The SMILES string of the molecule is COc1cc2c(cc1O)CCN(C(=O)c1ccc(OC)c(OC)c1)C2. The number of ether oxygens (including phenoxy) is 3. The first-order valence-corrected chi connectivity index (χ1v) is 7.97. The van der Waals surface area contributed by atoms with E-state index in [2.05, 4.69) is 0 Å². The molecule has 0 bridgehead atoms. The van der Waals surface area contributed by atoms with Gasteiger partial charge in [0.05, 0.1) is 21.3 Å². The van der Waals surface area contributed by atoms with Crippen LogP contribution in [0.2, 0.25) is 0 Å². The first kappa shape index (κ1) is 17.0. The summed E-state index contributed by atoms with van der Waals surface area (Å²) in [6.45, 7) is 1.06. The van der Waals surface area contributed by atoms with Crippen LogP contribution < -0.4 is 14.2 Å². The normalized spacial score (nSPS) is 13.2. The van der Waals surface area contributed by atoms with Gasteiger partial charge in [0.1, 0.15) is 0 Å². The molecule has 6 nitrogen and oxygen atoms in total. The summed E-state index contributed by atoms with van der Waals surface area (Å²) in [5.41, 5.74) is 2.57. The summed E-state index contributed by atoms with van der Waals surface area (Å²) in [6, 6.07) is 8.65. The molecule has 0 fully saturated rings. The lowest BCUT2D eigenvalue weighted by atomic mass is 9.98. The van der Waals surface area contributed by atoms with Crippen molar-refractivity contribution in [3.05, 3.63) is 47.0 Å². The van der Waals surface area contributed by atoms with Crippen molar-refractivity contribution in [2.24, 2.45) is 0 Å². The number of amides is 1. The van der Waals surface area contributed by atoms with Crippen LogP contribution in [-0.2, 0) is 13.0 Å². The Morgan fingerprint density at radius 3 is 2.36 bits per heavy atom. The van der Waals surface area contributed by atoms with Gasteiger partial charge in [0.25, 0.3) is 5.91 Å². The molecule has 0 atom stereocenters. The van der Waals surface area contributed by atoms with Crippen molar-refractivity contribution < 1.29 is 24.1 Å². The summed E-state index contributed by atoms with van der Waals surface area (Å²) >= 11 is 0. The standard InChI is InChI=1S/C19H21NO5/c1-23-16-5-4-13(9-18(16)25-3)19(22)20-7-6-12-8-15(21)17(24-2)10-14(12)11-20/h4-5,8-10,21H,6-7,11H2,1-3H3. The lowest BCUT2D eigenvalue weighted by Crippen LogP contribution is -2.36. The molecule has 1 aliphatic rings. The van der Waals surface area contributed by atoms with Gasteiger partial charge in [-0.05, 0) is 47.9 Å². The van der Waals surface area contributed by atoms with Crippen LogP contribution in [-0.4, -0.2) is 43.8 Å². The molecule has 3 rings (SSSR count). The van der Waals surface area contributed by atoms with Crippen molar-refractivity contribution >= 4 is 5.91 Å². The van der Waals surface area contributed by atoms with Gasteiger partial charge >= 0.3 is 0 Å². The lowest BCUT2D eigenvalue weighted by molar-refractivity contribution is 0.0734. The van der Waals surface area contributed by atoms with E-state index >= 15 is 0 Å². The molecule has 25 heavy (non-hydrogen) atoms. The van der Waals surface area contributed by atoms with Crippen LogP contribution in [0.3, 0.4) is 0 Å². The zero-order chi connectivity index (χ0) is 18.0. The number of carbonyl (C=O) groups excluding carboxylic acids is 1. The van der Waals surface area contributed by atoms with Gasteiger partial charge in [-0.25, -0.2) is 0 Å². The van der Waals surface area contributed by atoms with E-state index in [4.69, 9.17) is 14.2 Å². The Morgan fingerprint density at radius 2 is 1.68 bits per heavy atom. The van der Waals surface area contributed by atoms with E-state index in [1.165, 1.54) is 7.11 Å². The second kappa shape index (κ2) is 6.93. The fourth-order valence-corrected chi connectivity index (χ4v) is 3.06. The van der Waals surface area contributed by atoms with Crippen molar-refractivity contribution in [2.75, 3.05) is 27.9 Å². The van der Waals surface area contributed by atoms with Crippen molar-refractivity contribution in [1.82, 2.24) is 4.90 Å². The topological polar surface area (TPSA) is 68.2 Å². The molecule has 0 spiro atoms. The highest BCUT2D eigenvalue weighted by atomic mass is 16.5. The maximum absolute atomic E-state index is 12.8. The minimum absolute atomic E-state index is 0.0707. The highest BCUT2D eigenvalue weighted by Crippen LogP contribution is 2.33. The number of phenolic OH excluding ortho intramolecular Hbond substituents is 1. The van der Waals surface area contributed by atoms with Crippen molar-refractivity contribution in [3.63, 3.8) is 0 Å². The summed E-state index contributed by atoms with van der Waals surface area (Å²) in [5.74, 6) is 1.58. The van der Waals surface area contributed by atoms with Gasteiger partial charge in [-0.1, -0.05) is 0 Å². The minimum atomic E-state index is -0.0707. The fourth-order valence-electron chi connectivity index (χ4n) is 3.06. The molecule has 0 aliphatic carbocycles. The van der Waals surface area contributed by atoms with Crippen molar-refractivity contribution in [1.29, 1.82) is 0 Å². The third-order valence-electron chi connectivity index (χ3n) is 4.43. The zero-order valence-electron chi connectivity index (χ0n) is 14.5. The maximum Gasteiger partial charge on any atom is 0.254 e. The van der Waals surface area contributed by atoms with Crippen LogP contribution >= 0.6 is 0 Å². The van der Waals surface area contributed by atoms with Gasteiger partial charge in [0.2, 0.25) is 0 Å². The molecule has 1 amide bonds. The van der Waals surface area contributed by atoms with Crippen LogP contribution in [0.5, 0.6) is 23.0 Å². The quantitative estimate of drug-likeness (QED) is 0.924. The molecule has 0 radical (unpaired) electrons. The van der Waals surface area contributed by atoms with Crippen LogP contribution in [0.1, 0.15) is 21.5 Å². The molecule has 2 aromatic carbocycles. The van der Waals surface area contributed by atoms with E-state index in [0.717, 1.165) is 11.1 Å². The van der Waals surface area contributed by atoms with Gasteiger partial charge in [0, 0.05) is 18.7 Å². The lowest BCUT2D eigenvalue weighted by Gasteiger charge is -2.29. The molecule has 6 heteroatoms. The molecular weight excluding hydrogens is 322 g/mol. The molecule has 132 valence electrons. The third-order valence-corrected chi connectivity index (χ3v) is 4.43. The number of rotatable bonds is 4. The number of aromatic hydroxyl groups is 1. The predicted octanol–water partition coefficient (Wildman–Crippen LogP) is 2.62. The number of hydrogen-bond acceptors (Lipinski definition) is 5. The average molecular weight is 343 g/mol. The number of fused-ring (bicyclic) bond motifs is 1. The Hall–Kier alpha value is -2.89.